The highest BCUT2D eigenvalue weighted by molar-refractivity contribution is 5.62. The van der Waals surface area contributed by atoms with Gasteiger partial charge in [0.1, 0.15) is 11.5 Å². The van der Waals surface area contributed by atoms with E-state index in [1.807, 2.05) is 18.9 Å². The van der Waals surface area contributed by atoms with Crippen LogP contribution >= 0.6 is 0 Å². The number of aryl methyl sites for hydroxylation is 2. The van der Waals surface area contributed by atoms with Gasteiger partial charge in [-0.1, -0.05) is 6.07 Å². The lowest BCUT2D eigenvalue weighted by Crippen LogP contribution is -2.14. The molecule has 0 fully saturated rings. The number of alkyl halides is 3. The molecule has 0 radical (unpaired) electrons. The van der Waals surface area contributed by atoms with Crippen molar-refractivity contribution in [3.63, 3.8) is 0 Å². The zero-order valence-electron chi connectivity index (χ0n) is 15.3. The van der Waals surface area contributed by atoms with Gasteiger partial charge in [0.05, 0.1) is 11.9 Å². The highest BCUT2D eigenvalue weighted by Crippen LogP contribution is 2.32. The lowest BCUT2D eigenvalue weighted by atomic mass is 9.95. The van der Waals surface area contributed by atoms with Crippen molar-refractivity contribution in [2.75, 3.05) is 13.6 Å². The molecule has 0 unspecified atom stereocenters. The molecule has 0 aromatic heterocycles. The van der Waals surface area contributed by atoms with Crippen LogP contribution in [0.1, 0.15) is 34.7 Å². The maximum absolute atomic E-state index is 14.3. The third-order valence-corrected chi connectivity index (χ3v) is 4.36. The Labute approximate surface area is 151 Å². The van der Waals surface area contributed by atoms with Crippen LogP contribution in [0.3, 0.4) is 0 Å². The van der Waals surface area contributed by atoms with Crippen molar-refractivity contribution in [3.8, 4) is 0 Å². The summed E-state index contributed by atoms with van der Waals surface area (Å²) in [5, 5.41) is 0. The predicted molar refractivity (Wildman–Crippen MR) is 96.6 cm³/mol. The molecule has 0 saturated heterocycles. The Morgan fingerprint density at radius 3 is 2.31 bits per heavy atom. The number of hydrogen-bond acceptors (Lipinski definition) is 1. The number of halogens is 4. The van der Waals surface area contributed by atoms with Crippen molar-refractivity contribution in [1.82, 2.24) is 4.90 Å². The third kappa shape index (κ3) is 4.84. The van der Waals surface area contributed by atoms with E-state index in [-0.39, 0.29) is 12.1 Å². The SMILES string of the molecule is CCN(C)C=Nc1cc(C)c(Cc2cc(C(F)(F)F)ccc2C)cc1F. The van der Waals surface area contributed by atoms with Crippen LogP contribution in [-0.2, 0) is 12.6 Å². The molecule has 2 rings (SSSR count). The minimum atomic E-state index is -4.40. The van der Waals surface area contributed by atoms with E-state index in [4.69, 9.17) is 0 Å². The van der Waals surface area contributed by atoms with E-state index in [9.17, 15) is 17.6 Å². The molecule has 0 atom stereocenters. The molecule has 0 aliphatic heterocycles. The van der Waals surface area contributed by atoms with Crippen molar-refractivity contribution in [1.29, 1.82) is 0 Å². The number of rotatable bonds is 5. The largest absolute Gasteiger partial charge is 0.416 e. The van der Waals surface area contributed by atoms with E-state index in [0.717, 1.165) is 29.8 Å². The van der Waals surface area contributed by atoms with Crippen LogP contribution in [0.2, 0.25) is 0 Å². The molecule has 0 aliphatic rings. The van der Waals surface area contributed by atoms with Gasteiger partial charge >= 0.3 is 6.18 Å². The summed E-state index contributed by atoms with van der Waals surface area (Å²) in [6.07, 6.45) is -2.61. The lowest BCUT2D eigenvalue weighted by molar-refractivity contribution is -0.137. The zero-order valence-corrected chi connectivity index (χ0v) is 15.3. The summed E-state index contributed by atoms with van der Waals surface area (Å²) in [6, 6.07) is 6.62. The van der Waals surface area contributed by atoms with Gasteiger partial charge in [-0.2, -0.15) is 13.2 Å². The molecule has 6 heteroatoms. The van der Waals surface area contributed by atoms with Crippen LogP contribution in [0.25, 0.3) is 0 Å². The molecule has 0 saturated carbocycles. The van der Waals surface area contributed by atoms with E-state index >= 15 is 0 Å². The minimum absolute atomic E-state index is 0.215. The molecule has 0 amide bonds. The van der Waals surface area contributed by atoms with E-state index in [2.05, 4.69) is 4.99 Å². The number of aliphatic imine (C=N–C) groups is 1. The molecule has 0 spiro atoms. The van der Waals surface area contributed by atoms with Crippen LogP contribution in [0.4, 0.5) is 23.2 Å². The summed E-state index contributed by atoms with van der Waals surface area (Å²) in [5.41, 5.74) is 2.23. The average Bonchev–Trinajstić information content (AvgIpc) is 2.57. The second-order valence-corrected chi connectivity index (χ2v) is 6.36. The lowest BCUT2D eigenvalue weighted by Gasteiger charge is -2.14. The van der Waals surface area contributed by atoms with Gasteiger partial charge in [0.2, 0.25) is 0 Å². The van der Waals surface area contributed by atoms with Crippen LogP contribution in [-0.4, -0.2) is 24.8 Å². The molecular weight excluding hydrogens is 344 g/mol. The van der Waals surface area contributed by atoms with E-state index in [1.165, 1.54) is 12.1 Å². The summed E-state index contributed by atoms with van der Waals surface area (Å²) in [5.74, 6) is -0.490. The monoisotopic (exact) mass is 366 g/mol. The van der Waals surface area contributed by atoms with Crippen molar-refractivity contribution in [2.45, 2.75) is 33.4 Å². The summed E-state index contributed by atoms with van der Waals surface area (Å²) < 4.78 is 53.1. The Balaban J connectivity index is 2.34. The second-order valence-electron chi connectivity index (χ2n) is 6.36. The fourth-order valence-corrected chi connectivity index (χ4v) is 2.48. The second kappa shape index (κ2) is 7.89. The number of hydrogen-bond donors (Lipinski definition) is 0. The maximum Gasteiger partial charge on any atom is 0.416 e. The summed E-state index contributed by atoms with van der Waals surface area (Å²) in [4.78, 5) is 5.94. The summed E-state index contributed by atoms with van der Waals surface area (Å²) in [7, 11) is 1.83. The van der Waals surface area contributed by atoms with Crippen molar-refractivity contribution >= 4 is 12.0 Å². The Hall–Kier alpha value is -2.37. The minimum Gasteiger partial charge on any atom is -0.366 e. The first-order valence-electron chi connectivity index (χ1n) is 8.32. The van der Waals surface area contributed by atoms with Gasteiger partial charge in [0.25, 0.3) is 0 Å². The fraction of sp³-hybridized carbons (Fsp3) is 0.350. The Morgan fingerprint density at radius 1 is 1.04 bits per heavy atom. The number of nitrogens with zero attached hydrogens (tertiary/aromatic N) is 2. The molecule has 2 aromatic carbocycles. The molecular formula is C20H22F4N2. The summed E-state index contributed by atoms with van der Waals surface area (Å²) >= 11 is 0. The molecule has 0 heterocycles. The van der Waals surface area contributed by atoms with Gasteiger partial charge in [-0.15, -0.1) is 0 Å². The van der Waals surface area contributed by atoms with Gasteiger partial charge < -0.3 is 4.90 Å². The van der Waals surface area contributed by atoms with Gasteiger partial charge in [0, 0.05) is 13.6 Å². The molecule has 140 valence electrons. The molecule has 0 N–H and O–H groups in total. The van der Waals surface area contributed by atoms with Crippen LogP contribution in [0, 0.1) is 19.7 Å². The first-order chi connectivity index (χ1) is 12.1. The third-order valence-electron chi connectivity index (χ3n) is 4.36. The Bertz CT molecular complexity index is 810. The fourth-order valence-electron chi connectivity index (χ4n) is 2.48. The average molecular weight is 366 g/mol. The van der Waals surface area contributed by atoms with Gasteiger partial charge in [0.15, 0.2) is 0 Å². The summed E-state index contributed by atoms with van der Waals surface area (Å²) in [6.45, 7) is 6.26. The van der Waals surface area contributed by atoms with Crippen molar-refractivity contribution in [3.05, 3.63) is 64.0 Å². The zero-order chi connectivity index (χ0) is 19.5. The number of benzene rings is 2. The van der Waals surface area contributed by atoms with E-state index in [1.54, 1.807) is 26.3 Å². The topological polar surface area (TPSA) is 15.6 Å². The van der Waals surface area contributed by atoms with Crippen LogP contribution in [0.15, 0.2) is 35.3 Å². The highest BCUT2D eigenvalue weighted by atomic mass is 19.4. The molecule has 2 aromatic rings. The molecule has 26 heavy (non-hydrogen) atoms. The smallest absolute Gasteiger partial charge is 0.366 e. The first-order valence-corrected chi connectivity index (χ1v) is 8.32. The van der Waals surface area contributed by atoms with E-state index < -0.39 is 17.6 Å². The van der Waals surface area contributed by atoms with Crippen LogP contribution in [0.5, 0.6) is 0 Å². The Morgan fingerprint density at radius 2 is 1.69 bits per heavy atom. The molecule has 0 bridgehead atoms. The van der Waals surface area contributed by atoms with E-state index in [0.29, 0.717) is 11.1 Å². The Kier molecular flexibility index (Phi) is 6.05. The van der Waals surface area contributed by atoms with Crippen LogP contribution < -0.4 is 0 Å². The molecule has 2 nitrogen and oxygen atoms in total. The van der Waals surface area contributed by atoms with Crippen molar-refractivity contribution < 1.29 is 17.6 Å². The quantitative estimate of drug-likeness (QED) is 0.378. The van der Waals surface area contributed by atoms with Crippen molar-refractivity contribution in [2.24, 2.45) is 4.99 Å². The highest BCUT2D eigenvalue weighted by Gasteiger charge is 2.30. The van der Waals surface area contributed by atoms with Gasteiger partial charge in [-0.05, 0) is 73.7 Å². The predicted octanol–water partition coefficient (Wildman–Crippen LogP) is 5.66. The van der Waals surface area contributed by atoms with Gasteiger partial charge in [-0.25, -0.2) is 9.38 Å². The normalized spacial score (nSPS) is 12.0. The first kappa shape index (κ1) is 19.9. The van der Waals surface area contributed by atoms with Gasteiger partial charge in [-0.3, -0.25) is 0 Å². The standard InChI is InChI=1S/C20H22F4N2/c1-5-26(4)12-25-19-8-14(3)16(11-18(19)21)9-15-10-17(20(22,23)24)7-6-13(15)2/h6-8,10-12H,5,9H2,1-4H3. The maximum atomic E-state index is 14.3. The molecule has 0 aliphatic carbocycles.